The number of halogens is 2. The van der Waals surface area contributed by atoms with Crippen LogP contribution in [-0.2, 0) is 32.6 Å². The zero-order valence-corrected chi connectivity index (χ0v) is 28.6. The van der Waals surface area contributed by atoms with Crippen molar-refractivity contribution in [2.45, 2.75) is 57.1 Å². The number of anilines is 1. The summed E-state index contributed by atoms with van der Waals surface area (Å²) in [4.78, 5) is 29.9. The van der Waals surface area contributed by atoms with Gasteiger partial charge in [-0.15, -0.1) is 0 Å². The van der Waals surface area contributed by atoms with Crippen molar-refractivity contribution in [3.63, 3.8) is 0 Å². The minimum atomic E-state index is -4.18. The third kappa shape index (κ3) is 9.19. The predicted molar refractivity (Wildman–Crippen MR) is 184 cm³/mol. The van der Waals surface area contributed by atoms with Gasteiger partial charge < -0.3 is 10.2 Å². The minimum absolute atomic E-state index is 0.0560. The molecule has 2 unspecified atom stereocenters. The van der Waals surface area contributed by atoms with Crippen molar-refractivity contribution >= 4 is 55.1 Å². The fraction of sp³-hybridized carbons (Fsp3) is 0.257. The molecule has 0 spiro atoms. The average Bonchev–Trinajstić information content (AvgIpc) is 3.02. The molecular weight excluding hydrogens is 674 g/mol. The molecule has 4 aromatic carbocycles. The van der Waals surface area contributed by atoms with E-state index in [4.69, 9.17) is 11.6 Å². The third-order valence-electron chi connectivity index (χ3n) is 7.52. The molecule has 0 heterocycles. The van der Waals surface area contributed by atoms with E-state index in [-0.39, 0.29) is 29.8 Å². The van der Waals surface area contributed by atoms with Crippen LogP contribution in [0.2, 0.25) is 5.02 Å². The third-order valence-corrected chi connectivity index (χ3v) is 10.1. The first kappa shape index (κ1) is 34.2. The second kappa shape index (κ2) is 15.6. The Balaban J connectivity index is 1.80. The van der Waals surface area contributed by atoms with E-state index in [9.17, 15) is 18.0 Å². The molecule has 0 bridgehead atoms. The van der Waals surface area contributed by atoms with Gasteiger partial charge in [0.1, 0.15) is 12.6 Å². The van der Waals surface area contributed by atoms with Crippen LogP contribution in [0.3, 0.4) is 0 Å². The summed E-state index contributed by atoms with van der Waals surface area (Å²) in [6, 6.07) is 28.8. The number of amides is 2. The molecule has 7 nitrogen and oxygen atoms in total. The van der Waals surface area contributed by atoms with Gasteiger partial charge in [0, 0.05) is 28.5 Å². The number of aryl methyl sites for hydroxylation is 1. The second-order valence-electron chi connectivity index (χ2n) is 11.0. The molecule has 0 saturated carbocycles. The van der Waals surface area contributed by atoms with Crippen LogP contribution in [0.4, 0.5) is 5.69 Å². The topological polar surface area (TPSA) is 86.8 Å². The van der Waals surface area contributed by atoms with Gasteiger partial charge in [0.2, 0.25) is 11.8 Å². The fourth-order valence-electron chi connectivity index (χ4n) is 4.78. The van der Waals surface area contributed by atoms with Crippen LogP contribution in [0.1, 0.15) is 37.0 Å². The Bertz CT molecular complexity index is 1700. The number of nitrogens with one attached hydrogen (secondary N) is 1. The Kier molecular flexibility index (Phi) is 11.8. The largest absolute Gasteiger partial charge is 0.352 e. The highest BCUT2D eigenvalue weighted by atomic mass is 79.9. The van der Waals surface area contributed by atoms with Gasteiger partial charge in [0.15, 0.2) is 0 Å². The van der Waals surface area contributed by atoms with E-state index in [0.717, 1.165) is 21.0 Å². The molecule has 2 atom stereocenters. The molecule has 0 radical (unpaired) electrons. The van der Waals surface area contributed by atoms with E-state index in [1.165, 1.54) is 17.0 Å². The van der Waals surface area contributed by atoms with Crippen molar-refractivity contribution < 1.29 is 18.0 Å². The summed E-state index contributed by atoms with van der Waals surface area (Å²) in [5.74, 6) is -0.841. The molecule has 236 valence electrons. The summed E-state index contributed by atoms with van der Waals surface area (Å²) in [6.07, 6.45) is 0.949. The first-order valence-electron chi connectivity index (χ1n) is 14.7. The molecule has 1 N–H and O–H groups in total. The van der Waals surface area contributed by atoms with Crippen molar-refractivity contribution in [3.8, 4) is 0 Å². The lowest BCUT2D eigenvalue weighted by Crippen LogP contribution is -2.54. The van der Waals surface area contributed by atoms with Gasteiger partial charge in [0.05, 0.1) is 10.6 Å². The van der Waals surface area contributed by atoms with E-state index < -0.39 is 28.5 Å². The van der Waals surface area contributed by atoms with Crippen molar-refractivity contribution in [3.05, 3.63) is 129 Å². The number of carbonyl (C=O) groups excluding carboxylic acids is 2. The standard InChI is InChI=1S/C35H37BrClN3O4S/c1-4-26(3)38-35(42)33(21-27-9-6-5-7-10-27)39(23-28-15-17-30(37)18-16-28)34(41)24-40(31-12-8-11-29(36)22-31)45(43,44)32-19-13-25(2)14-20-32/h5-20,22,26,33H,4,21,23-24H2,1-3H3,(H,38,42). The summed E-state index contributed by atoms with van der Waals surface area (Å²) >= 11 is 9.59. The SMILES string of the molecule is CCC(C)NC(=O)C(Cc1ccccc1)N(Cc1ccc(Cl)cc1)C(=O)CN(c1cccc(Br)c1)S(=O)(=O)c1ccc(C)cc1. The smallest absolute Gasteiger partial charge is 0.264 e. The summed E-state index contributed by atoms with van der Waals surface area (Å²) in [5, 5.41) is 3.58. The van der Waals surface area contributed by atoms with Crippen LogP contribution in [0.25, 0.3) is 0 Å². The van der Waals surface area contributed by atoms with Crippen molar-refractivity contribution in [1.29, 1.82) is 0 Å². The van der Waals surface area contributed by atoms with Crippen LogP contribution >= 0.6 is 27.5 Å². The zero-order chi connectivity index (χ0) is 32.6. The van der Waals surface area contributed by atoms with Crippen molar-refractivity contribution in [1.82, 2.24) is 10.2 Å². The van der Waals surface area contributed by atoms with Crippen molar-refractivity contribution in [2.75, 3.05) is 10.8 Å². The Hall–Kier alpha value is -3.66. The first-order chi connectivity index (χ1) is 21.5. The van der Waals surface area contributed by atoms with Crippen LogP contribution in [0.15, 0.2) is 112 Å². The van der Waals surface area contributed by atoms with E-state index in [1.54, 1.807) is 60.7 Å². The molecule has 0 saturated heterocycles. The number of sulfonamides is 1. The molecule has 2 amide bonds. The van der Waals surface area contributed by atoms with E-state index in [0.29, 0.717) is 21.6 Å². The maximum Gasteiger partial charge on any atom is 0.264 e. The first-order valence-corrected chi connectivity index (χ1v) is 17.3. The Morgan fingerprint density at radius 1 is 0.889 bits per heavy atom. The maximum atomic E-state index is 14.5. The highest BCUT2D eigenvalue weighted by molar-refractivity contribution is 9.10. The quantitative estimate of drug-likeness (QED) is 0.160. The predicted octanol–water partition coefficient (Wildman–Crippen LogP) is 7.16. The number of carbonyl (C=O) groups is 2. The molecule has 0 fully saturated rings. The highest BCUT2D eigenvalue weighted by Crippen LogP contribution is 2.28. The molecule has 0 aromatic heterocycles. The van der Waals surface area contributed by atoms with Gasteiger partial charge in [0.25, 0.3) is 10.0 Å². The monoisotopic (exact) mass is 709 g/mol. The molecule has 10 heteroatoms. The lowest BCUT2D eigenvalue weighted by molar-refractivity contribution is -0.140. The van der Waals surface area contributed by atoms with Gasteiger partial charge in [-0.3, -0.25) is 13.9 Å². The molecule has 0 aliphatic rings. The van der Waals surface area contributed by atoms with Crippen LogP contribution in [0, 0.1) is 6.92 Å². The van der Waals surface area contributed by atoms with E-state index in [2.05, 4.69) is 21.2 Å². The molecule has 0 aliphatic carbocycles. The van der Waals surface area contributed by atoms with Crippen LogP contribution in [0.5, 0.6) is 0 Å². The zero-order valence-electron chi connectivity index (χ0n) is 25.5. The van der Waals surface area contributed by atoms with Crippen LogP contribution < -0.4 is 9.62 Å². The fourth-order valence-corrected chi connectivity index (χ4v) is 6.70. The lowest BCUT2D eigenvalue weighted by atomic mass is 10.0. The average molecular weight is 711 g/mol. The second-order valence-corrected chi connectivity index (χ2v) is 14.2. The van der Waals surface area contributed by atoms with Gasteiger partial charge >= 0.3 is 0 Å². The summed E-state index contributed by atoms with van der Waals surface area (Å²) < 4.78 is 30.0. The number of hydrogen-bond donors (Lipinski definition) is 1. The number of benzene rings is 4. The van der Waals surface area contributed by atoms with Gasteiger partial charge in [-0.2, -0.15) is 0 Å². The molecule has 0 aliphatic heterocycles. The number of rotatable bonds is 13. The summed E-state index contributed by atoms with van der Waals surface area (Å²) in [7, 11) is -4.18. The normalized spacial score (nSPS) is 12.6. The van der Waals surface area contributed by atoms with Crippen LogP contribution in [-0.4, -0.2) is 43.8 Å². The summed E-state index contributed by atoms with van der Waals surface area (Å²) in [6.45, 7) is 5.30. The molecule has 45 heavy (non-hydrogen) atoms. The van der Waals surface area contributed by atoms with Gasteiger partial charge in [-0.1, -0.05) is 101 Å². The van der Waals surface area contributed by atoms with Gasteiger partial charge in [-0.05, 0) is 73.9 Å². The van der Waals surface area contributed by atoms with E-state index >= 15 is 0 Å². The molecule has 4 rings (SSSR count). The highest BCUT2D eigenvalue weighted by Gasteiger charge is 2.35. The van der Waals surface area contributed by atoms with E-state index in [1.807, 2.05) is 51.1 Å². The minimum Gasteiger partial charge on any atom is -0.352 e. The Labute approximate surface area is 279 Å². The summed E-state index contributed by atoms with van der Waals surface area (Å²) in [5.41, 5.74) is 2.84. The lowest BCUT2D eigenvalue weighted by Gasteiger charge is -2.34. The Morgan fingerprint density at radius 2 is 1.56 bits per heavy atom. The maximum absolute atomic E-state index is 14.5. The molecular formula is C35H37BrClN3O4S. The van der Waals surface area contributed by atoms with Crippen molar-refractivity contribution in [2.24, 2.45) is 0 Å². The van der Waals surface area contributed by atoms with Gasteiger partial charge in [-0.25, -0.2) is 8.42 Å². The Morgan fingerprint density at radius 3 is 2.18 bits per heavy atom. The number of nitrogens with zero attached hydrogens (tertiary/aromatic N) is 2. The molecule has 4 aromatic rings. The number of hydrogen-bond acceptors (Lipinski definition) is 4.